The molecule has 0 aliphatic rings. The minimum Gasteiger partial charge on any atom is -0.497 e. The van der Waals surface area contributed by atoms with E-state index < -0.39 is 34.7 Å². The third-order valence-electron chi connectivity index (χ3n) is 20.6. The van der Waals surface area contributed by atoms with Gasteiger partial charge < -0.3 is 56.8 Å². The third kappa shape index (κ3) is 21.7. The summed E-state index contributed by atoms with van der Waals surface area (Å²) in [6.45, 7) is 0.886. The van der Waals surface area contributed by atoms with Gasteiger partial charge in [0.05, 0.1) is 99.0 Å². The molecule has 0 heterocycles. The van der Waals surface area contributed by atoms with Gasteiger partial charge in [0.1, 0.15) is 51.3 Å². The second-order valence-electron chi connectivity index (χ2n) is 28.2. The van der Waals surface area contributed by atoms with Crippen LogP contribution in [0.3, 0.4) is 0 Å². The Morgan fingerprint density at radius 3 is 0.634 bits per heavy atom. The summed E-state index contributed by atoms with van der Waals surface area (Å²) in [5.74, 6) is 22.5. The van der Waals surface area contributed by atoms with Gasteiger partial charge in [-0.25, -0.2) is 14.4 Å². The van der Waals surface area contributed by atoms with Crippen molar-refractivity contribution < 1.29 is 71.2 Å². The standard InChI is InChI=1S/C105H87I3O15/c1-112-88-46-34-82(35-47-88)103(79-19-10-7-11-20-79,83-36-48-89(113-2)49-37-83)121-64-16-61-118-100(109)94-70-73(31-58-97(94)106)25-28-76-67-77(29-26-74-32-59-98(107)95(71-74)101(110)119-62-17-65-122-104(80-21-12-8-13-22-80,84-38-50-90(114-3)51-39-84)85-40-52-91(115-4)53-41-85)69-78(68-76)30-27-75-33-60-99(108)96(72-75)102(111)120-63-18-66-123-105(81-23-14-9-15-24-81,86-42-54-92(116-5)55-43-86)87-44-56-93(117-6)57-45-87/h7-15,19-24,31-60,67-72H,16-18,61-66H2,1-6H3. The van der Waals surface area contributed by atoms with Crippen LogP contribution in [-0.4, -0.2) is 100 Å². The molecule has 0 saturated carbocycles. The molecule has 0 radical (unpaired) electrons. The number of hydrogen-bond donors (Lipinski definition) is 0. The van der Waals surface area contributed by atoms with E-state index in [1.165, 1.54) is 0 Å². The molecule has 13 rings (SSSR count). The van der Waals surface area contributed by atoms with E-state index in [1.807, 2.05) is 291 Å². The fourth-order valence-corrected chi connectivity index (χ4v) is 16.0. The molecule has 13 aromatic carbocycles. The van der Waals surface area contributed by atoms with E-state index in [4.69, 9.17) is 56.8 Å². The van der Waals surface area contributed by atoms with Crippen LogP contribution in [0, 0.1) is 46.2 Å². The summed E-state index contributed by atoms with van der Waals surface area (Å²) < 4.78 is 74.4. The molecule has 0 unspecified atom stereocenters. The highest BCUT2D eigenvalue weighted by atomic mass is 127. The molecular weight excluding hydrogens is 1880 g/mol. The van der Waals surface area contributed by atoms with Crippen LogP contribution in [0.2, 0.25) is 0 Å². The monoisotopic (exact) mass is 1970 g/mol. The number of hydrogen-bond acceptors (Lipinski definition) is 15. The van der Waals surface area contributed by atoms with Crippen LogP contribution < -0.4 is 28.4 Å². The summed E-state index contributed by atoms with van der Waals surface area (Å²) in [7, 11) is 9.80. The van der Waals surface area contributed by atoms with Crippen molar-refractivity contribution in [3.8, 4) is 70.0 Å². The van der Waals surface area contributed by atoms with Crippen molar-refractivity contribution in [1.82, 2.24) is 0 Å². The highest BCUT2D eigenvalue weighted by Crippen LogP contribution is 2.46. The molecule has 0 aromatic heterocycles. The van der Waals surface area contributed by atoms with Gasteiger partial charge in [-0.3, -0.25) is 0 Å². The van der Waals surface area contributed by atoms with E-state index >= 15 is 0 Å². The maximum absolute atomic E-state index is 14.1. The van der Waals surface area contributed by atoms with Crippen molar-refractivity contribution in [1.29, 1.82) is 0 Å². The zero-order valence-electron chi connectivity index (χ0n) is 68.6. The zero-order chi connectivity index (χ0) is 86.0. The summed E-state index contributed by atoms with van der Waals surface area (Å²) in [6.07, 6.45) is 1.14. The second kappa shape index (κ2) is 43.0. The molecule has 0 spiro atoms. The van der Waals surface area contributed by atoms with E-state index in [1.54, 1.807) is 60.9 Å². The first-order valence-corrected chi connectivity index (χ1v) is 42.9. The van der Waals surface area contributed by atoms with Crippen LogP contribution in [0.15, 0.2) is 309 Å². The fraction of sp³-hybridized carbons (Fsp3) is 0.171. The Labute approximate surface area is 759 Å². The van der Waals surface area contributed by atoms with Gasteiger partial charge in [-0.1, -0.05) is 199 Å². The van der Waals surface area contributed by atoms with Crippen LogP contribution in [0.5, 0.6) is 34.5 Å². The average molecular weight is 1970 g/mol. The number of halogens is 3. The SMILES string of the molecule is COc1ccc(C(OCCCOC(=O)c2cc(C#Cc3cc(C#Cc4ccc(I)c(C(=O)OCCCOC(c5ccccc5)(c5ccc(OC)cc5)c5ccc(OC)cc5)c4)cc(C#Cc4ccc(I)c(C(=O)OCCCOC(c5ccccc5)(c5ccc(OC)cc5)c5ccc(OC)cc5)c4)c3)ccc2I)(c2ccccc2)c2ccc(OC)cc2)cc1. The predicted molar refractivity (Wildman–Crippen MR) is 501 cm³/mol. The van der Waals surface area contributed by atoms with Gasteiger partial charge in [0, 0.05) is 63.4 Å². The summed E-state index contributed by atoms with van der Waals surface area (Å²) in [4.78, 5) is 42.4. The highest BCUT2D eigenvalue weighted by molar-refractivity contribution is 14.1. The van der Waals surface area contributed by atoms with Crippen LogP contribution in [0.4, 0.5) is 0 Å². The van der Waals surface area contributed by atoms with E-state index in [9.17, 15) is 14.4 Å². The molecule has 0 saturated heterocycles. The Bertz CT molecular complexity index is 5240. The van der Waals surface area contributed by atoms with E-state index in [0.717, 1.165) is 50.1 Å². The molecule has 0 amide bonds. The smallest absolute Gasteiger partial charge is 0.339 e. The van der Waals surface area contributed by atoms with E-state index in [-0.39, 0.29) is 39.6 Å². The molecule has 18 heteroatoms. The molecule has 0 bridgehead atoms. The third-order valence-corrected chi connectivity index (χ3v) is 23.4. The number of carbonyl (C=O) groups is 3. The van der Waals surface area contributed by atoms with Crippen molar-refractivity contribution in [3.63, 3.8) is 0 Å². The minimum absolute atomic E-state index is 0.0685. The fourth-order valence-electron chi connectivity index (χ4n) is 14.4. The number of methoxy groups -OCH3 is 6. The summed E-state index contributed by atoms with van der Waals surface area (Å²) in [5.41, 5.74) is 9.32. The van der Waals surface area contributed by atoms with E-state index in [0.29, 0.717) is 115 Å². The Balaban J connectivity index is 0.734. The molecule has 123 heavy (non-hydrogen) atoms. The Morgan fingerprint density at radius 1 is 0.236 bits per heavy atom. The van der Waals surface area contributed by atoms with Crippen molar-refractivity contribution >= 4 is 85.7 Å². The number of rotatable bonds is 33. The molecule has 15 nitrogen and oxygen atoms in total. The van der Waals surface area contributed by atoms with Gasteiger partial charge in [0.25, 0.3) is 0 Å². The molecular formula is C105H87I3O15. The van der Waals surface area contributed by atoms with Crippen LogP contribution in [-0.2, 0) is 45.2 Å². The summed E-state index contributed by atoms with van der Waals surface area (Å²) in [5, 5.41) is 0. The van der Waals surface area contributed by atoms with Crippen molar-refractivity contribution in [2.45, 2.75) is 36.1 Å². The predicted octanol–water partition coefficient (Wildman–Crippen LogP) is 21.4. The maximum Gasteiger partial charge on any atom is 0.339 e. The molecule has 0 aliphatic heterocycles. The molecule has 0 N–H and O–H groups in total. The average Bonchev–Trinajstić information content (AvgIpc) is 0.762. The molecule has 13 aromatic rings. The topological polar surface area (TPSA) is 162 Å². The number of benzene rings is 13. The van der Waals surface area contributed by atoms with Gasteiger partial charge in [-0.05, 0) is 263 Å². The van der Waals surface area contributed by atoms with Gasteiger partial charge in [0.15, 0.2) is 0 Å². The van der Waals surface area contributed by atoms with Crippen LogP contribution >= 0.6 is 67.8 Å². The normalized spacial score (nSPS) is 11.1. The highest BCUT2D eigenvalue weighted by Gasteiger charge is 2.41. The number of carbonyl (C=O) groups excluding carboxylic acids is 3. The molecule has 618 valence electrons. The first-order chi connectivity index (χ1) is 60.1. The van der Waals surface area contributed by atoms with Gasteiger partial charge in [0.2, 0.25) is 0 Å². The lowest BCUT2D eigenvalue weighted by molar-refractivity contribution is 0.000717. The lowest BCUT2D eigenvalue weighted by Crippen LogP contribution is -2.33. The van der Waals surface area contributed by atoms with Crippen molar-refractivity contribution in [3.05, 3.63) is 420 Å². The number of ether oxygens (including phenoxy) is 12. The first-order valence-electron chi connectivity index (χ1n) is 39.7. The first kappa shape index (κ1) is 88.6. The Hall–Kier alpha value is -12.2. The van der Waals surface area contributed by atoms with Gasteiger partial charge in [-0.2, -0.15) is 0 Å². The maximum atomic E-state index is 14.1. The van der Waals surface area contributed by atoms with Crippen LogP contribution in [0.1, 0.15) is 134 Å². The molecule has 0 atom stereocenters. The summed E-state index contributed by atoms with van der Waals surface area (Å²) >= 11 is 6.40. The second-order valence-corrected chi connectivity index (χ2v) is 31.6. The largest absolute Gasteiger partial charge is 0.497 e. The Kier molecular flexibility index (Phi) is 31.0. The van der Waals surface area contributed by atoms with Crippen molar-refractivity contribution in [2.75, 3.05) is 82.3 Å². The molecule has 0 aliphatic carbocycles. The number of esters is 3. The van der Waals surface area contributed by atoms with Gasteiger partial charge >= 0.3 is 17.9 Å². The lowest BCUT2D eigenvalue weighted by Gasteiger charge is -2.36. The van der Waals surface area contributed by atoms with E-state index in [2.05, 4.69) is 103 Å². The van der Waals surface area contributed by atoms with Crippen molar-refractivity contribution in [2.24, 2.45) is 0 Å². The zero-order valence-corrected chi connectivity index (χ0v) is 75.0. The van der Waals surface area contributed by atoms with Crippen LogP contribution in [0.25, 0.3) is 0 Å². The lowest BCUT2D eigenvalue weighted by atomic mass is 9.80. The Morgan fingerprint density at radius 2 is 0.431 bits per heavy atom. The minimum atomic E-state index is -1.05. The summed E-state index contributed by atoms with van der Waals surface area (Å²) in [6, 6.07) is 98.8. The molecule has 0 fully saturated rings. The van der Waals surface area contributed by atoms with Gasteiger partial charge in [-0.15, -0.1) is 0 Å². The quantitative estimate of drug-likeness (QED) is 0.00953.